The van der Waals surface area contributed by atoms with Crippen LogP contribution in [0.5, 0.6) is 5.75 Å². The monoisotopic (exact) mass is 277 g/mol. The van der Waals surface area contributed by atoms with E-state index in [0.717, 1.165) is 12.1 Å². The molecule has 1 fully saturated rings. The third kappa shape index (κ3) is 3.95. The number of rotatable bonds is 3. The van der Waals surface area contributed by atoms with Crippen LogP contribution in [-0.2, 0) is 4.79 Å². The molecule has 0 radical (unpaired) electrons. The van der Waals surface area contributed by atoms with Crippen LogP contribution in [0.2, 0.25) is 0 Å². The van der Waals surface area contributed by atoms with Crippen LogP contribution in [0.1, 0.15) is 6.42 Å². The fourth-order valence-corrected chi connectivity index (χ4v) is 2.28. The first-order valence-electron chi connectivity index (χ1n) is 5.97. The zero-order chi connectivity index (χ0) is 14.0. The Balaban J connectivity index is 0.00000200. The van der Waals surface area contributed by atoms with Crippen molar-refractivity contribution in [2.75, 3.05) is 20.1 Å². The molecule has 1 aromatic rings. The Morgan fingerprint density at radius 3 is 2.50 bits per heavy atom. The summed E-state index contributed by atoms with van der Waals surface area (Å²) in [6, 6.07) is 3.44. The largest absolute Gasteiger partial charge is 1.00 e. The second-order valence-corrected chi connectivity index (χ2v) is 4.76. The molecule has 0 bridgehead atoms. The molecule has 0 N–H and O–H groups in total. The Morgan fingerprint density at radius 2 is 1.95 bits per heavy atom. The summed E-state index contributed by atoms with van der Waals surface area (Å²) in [5.41, 5.74) is 0. The van der Waals surface area contributed by atoms with E-state index in [2.05, 4.69) is 0 Å². The molecule has 2 rings (SSSR count). The van der Waals surface area contributed by atoms with Gasteiger partial charge in [-0.2, -0.15) is 0 Å². The molecule has 1 aliphatic heterocycles. The molecule has 2 unspecified atom stereocenters. The van der Waals surface area contributed by atoms with E-state index in [0.29, 0.717) is 13.1 Å². The smallest absolute Gasteiger partial charge is 0.550 e. The SMILES string of the molecule is CN1CC(Oc2c(F)cccc2F)CC(C(=O)[O-])C1.[Li+]. The number of nitrogens with zero attached hydrogens (tertiary/aromatic N) is 1. The predicted octanol–water partition coefficient (Wildman–Crippen LogP) is -2.58. The summed E-state index contributed by atoms with van der Waals surface area (Å²) in [5.74, 6) is -3.91. The molecular formula is C13H14F2LiNO3. The first kappa shape index (κ1) is 17.0. The average Bonchev–Trinajstić information content (AvgIpc) is 2.33. The summed E-state index contributed by atoms with van der Waals surface area (Å²) >= 11 is 0. The minimum Gasteiger partial charge on any atom is -0.550 e. The minimum absolute atomic E-state index is 0. The van der Waals surface area contributed by atoms with Crippen LogP contribution >= 0.6 is 0 Å². The van der Waals surface area contributed by atoms with Gasteiger partial charge in [-0.1, -0.05) is 6.07 Å². The van der Waals surface area contributed by atoms with Gasteiger partial charge in [0.25, 0.3) is 0 Å². The summed E-state index contributed by atoms with van der Waals surface area (Å²) < 4.78 is 32.2. The molecule has 2 atom stereocenters. The van der Waals surface area contributed by atoms with Crippen LogP contribution in [0.3, 0.4) is 0 Å². The number of ether oxygens (including phenoxy) is 1. The Labute approximate surface area is 127 Å². The third-order valence-electron chi connectivity index (χ3n) is 3.13. The number of halogens is 2. The first-order valence-corrected chi connectivity index (χ1v) is 5.97. The van der Waals surface area contributed by atoms with Crippen LogP contribution in [0.4, 0.5) is 8.78 Å². The van der Waals surface area contributed by atoms with Gasteiger partial charge in [-0.15, -0.1) is 0 Å². The topological polar surface area (TPSA) is 52.6 Å². The van der Waals surface area contributed by atoms with Crippen molar-refractivity contribution in [2.45, 2.75) is 12.5 Å². The number of aliphatic carboxylic acids is 1. The van der Waals surface area contributed by atoms with Crippen LogP contribution in [0, 0.1) is 17.6 Å². The second kappa shape index (κ2) is 7.07. The average molecular weight is 277 g/mol. The van der Waals surface area contributed by atoms with Crippen molar-refractivity contribution in [3.05, 3.63) is 29.8 Å². The molecule has 7 heteroatoms. The molecule has 0 spiro atoms. The second-order valence-electron chi connectivity index (χ2n) is 4.76. The number of carbonyl (C=O) groups excluding carboxylic acids is 1. The maximum absolute atomic E-state index is 13.5. The Hall–Kier alpha value is -1.09. The number of likely N-dealkylation sites (N-methyl/N-ethyl adjacent to an activating group) is 1. The predicted molar refractivity (Wildman–Crippen MR) is 61.4 cm³/mol. The standard InChI is InChI=1S/C13H15F2NO3.Li/c1-16-6-8(13(17)18)5-9(7-16)19-12-10(14)3-2-4-11(12)15;/h2-4,8-9H,5-7H2,1H3,(H,17,18);/q;+1/p-1. The molecule has 1 heterocycles. The van der Waals surface area contributed by atoms with Crippen molar-refractivity contribution in [2.24, 2.45) is 5.92 Å². The maximum atomic E-state index is 13.5. The number of likely N-dealkylation sites (tertiary alicyclic amines) is 1. The number of hydrogen-bond donors (Lipinski definition) is 0. The Kier molecular flexibility index (Phi) is 6.00. The van der Waals surface area contributed by atoms with Crippen LogP contribution < -0.4 is 28.7 Å². The molecule has 0 amide bonds. The van der Waals surface area contributed by atoms with E-state index in [-0.39, 0.29) is 25.3 Å². The molecule has 1 saturated heterocycles. The van der Waals surface area contributed by atoms with E-state index in [1.54, 1.807) is 11.9 Å². The third-order valence-corrected chi connectivity index (χ3v) is 3.13. The molecule has 1 aromatic carbocycles. The van der Waals surface area contributed by atoms with Gasteiger partial charge in [-0.3, -0.25) is 0 Å². The number of para-hydroxylation sites is 1. The molecule has 0 aliphatic carbocycles. The van der Waals surface area contributed by atoms with Gasteiger partial charge < -0.3 is 19.5 Å². The summed E-state index contributed by atoms with van der Waals surface area (Å²) in [5, 5.41) is 10.9. The summed E-state index contributed by atoms with van der Waals surface area (Å²) in [4.78, 5) is 12.6. The number of carbonyl (C=O) groups is 1. The van der Waals surface area contributed by atoms with E-state index in [1.165, 1.54) is 6.07 Å². The van der Waals surface area contributed by atoms with Gasteiger partial charge in [-0.05, 0) is 25.6 Å². The quantitative estimate of drug-likeness (QED) is 0.569. The van der Waals surface area contributed by atoms with Crippen molar-refractivity contribution < 1.29 is 42.3 Å². The first-order chi connectivity index (χ1) is 8.97. The van der Waals surface area contributed by atoms with Gasteiger partial charge in [0.15, 0.2) is 17.4 Å². The molecule has 104 valence electrons. The van der Waals surface area contributed by atoms with Gasteiger partial charge in [0.2, 0.25) is 0 Å². The van der Waals surface area contributed by atoms with E-state index in [4.69, 9.17) is 4.74 Å². The summed E-state index contributed by atoms with van der Waals surface area (Å²) in [6.07, 6.45) is -0.395. The zero-order valence-corrected chi connectivity index (χ0v) is 11.4. The number of benzene rings is 1. The maximum Gasteiger partial charge on any atom is 1.00 e. The molecule has 4 nitrogen and oxygen atoms in total. The Bertz CT molecular complexity index is 466. The van der Waals surface area contributed by atoms with Crippen LogP contribution in [-0.4, -0.2) is 37.1 Å². The van der Waals surface area contributed by atoms with E-state index >= 15 is 0 Å². The van der Waals surface area contributed by atoms with Gasteiger partial charge in [-0.25, -0.2) is 8.78 Å². The number of piperidine rings is 1. The van der Waals surface area contributed by atoms with Gasteiger partial charge in [0.05, 0.1) is 0 Å². The minimum atomic E-state index is -1.17. The molecule has 0 saturated carbocycles. The van der Waals surface area contributed by atoms with Crippen molar-refractivity contribution in [3.63, 3.8) is 0 Å². The van der Waals surface area contributed by atoms with E-state index in [1.807, 2.05) is 0 Å². The van der Waals surface area contributed by atoms with E-state index in [9.17, 15) is 18.7 Å². The van der Waals surface area contributed by atoms with Crippen molar-refractivity contribution in [3.8, 4) is 5.75 Å². The molecule has 1 aliphatic rings. The van der Waals surface area contributed by atoms with Crippen LogP contribution in [0.15, 0.2) is 18.2 Å². The number of carboxylic acid groups (broad SMARTS) is 1. The van der Waals surface area contributed by atoms with Crippen molar-refractivity contribution >= 4 is 5.97 Å². The van der Waals surface area contributed by atoms with Crippen molar-refractivity contribution in [1.29, 1.82) is 0 Å². The molecule has 20 heavy (non-hydrogen) atoms. The summed E-state index contributed by atoms with van der Waals surface area (Å²) in [7, 11) is 1.73. The normalized spacial score (nSPS) is 22.9. The number of hydrogen-bond acceptors (Lipinski definition) is 4. The summed E-state index contributed by atoms with van der Waals surface area (Å²) in [6.45, 7) is 0.763. The van der Waals surface area contributed by atoms with Gasteiger partial charge in [0.1, 0.15) is 6.10 Å². The fourth-order valence-electron chi connectivity index (χ4n) is 2.28. The zero-order valence-electron chi connectivity index (χ0n) is 11.4. The molecule has 0 aromatic heterocycles. The van der Waals surface area contributed by atoms with Gasteiger partial charge in [0, 0.05) is 25.0 Å². The van der Waals surface area contributed by atoms with Gasteiger partial charge >= 0.3 is 18.9 Å². The van der Waals surface area contributed by atoms with E-state index < -0.39 is 35.4 Å². The number of carboxylic acids is 1. The molecular weight excluding hydrogens is 263 g/mol. The van der Waals surface area contributed by atoms with Crippen molar-refractivity contribution in [1.82, 2.24) is 4.90 Å². The Morgan fingerprint density at radius 1 is 1.35 bits per heavy atom. The fraction of sp³-hybridized carbons (Fsp3) is 0.462. The van der Waals surface area contributed by atoms with Crippen LogP contribution in [0.25, 0.3) is 0 Å².